The lowest BCUT2D eigenvalue weighted by atomic mass is 10.00. The van der Waals surface area contributed by atoms with E-state index in [0.29, 0.717) is 29.6 Å². The van der Waals surface area contributed by atoms with Crippen molar-refractivity contribution in [2.45, 2.75) is 25.2 Å². The number of amides is 2. The molecule has 2 fully saturated rings. The number of hydrogen-bond donors (Lipinski definition) is 1. The highest BCUT2D eigenvalue weighted by atomic mass is 35.5. The fraction of sp³-hybridized carbons (Fsp3) is 0.300. The Morgan fingerprint density at radius 2 is 1.78 bits per heavy atom. The third-order valence-corrected chi connectivity index (χ3v) is 5.81. The number of piperazine rings is 1. The molecule has 1 N–H and O–H groups in total. The van der Waals surface area contributed by atoms with Crippen molar-refractivity contribution >= 4 is 35.0 Å². The molecule has 2 aliphatic rings. The number of nitrogens with one attached hydrogen (secondary N) is 1. The molecule has 0 bridgehead atoms. The molecular weight excluding hydrogens is 385 g/mol. The summed E-state index contributed by atoms with van der Waals surface area (Å²) in [5.41, 5.74) is 1.94. The summed E-state index contributed by atoms with van der Waals surface area (Å²) in [6.45, 7) is 1.15. The van der Waals surface area contributed by atoms with Crippen LogP contribution in [0.15, 0.2) is 48.5 Å². The summed E-state index contributed by atoms with van der Waals surface area (Å²) in [5, 5.41) is 4.17. The smallest absolute Gasteiger partial charge is 0.246 e. The first kappa shape index (κ1) is 18.3. The number of rotatable bonds is 4. The Bertz CT molecular complexity index is 875. The molecule has 2 saturated heterocycles. The quantitative estimate of drug-likeness (QED) is 0.853. The lowest BCUT2D eigenvalue weighted by Gasteiger charge is -2.42. The first-order valence-electron chi connectivity index (χ1n) is 8.84. The molecule has 0 aromatic heterocycles. The molecule has 2 aromatic carbocycles. The number of hydrogen-bond acceptors (Lipinski definition) is 3. The molecule has 4 rings (SSSR count). The largest absolute Gasteiger partial charge is 0.333 e. The van der Waals surface area contributed by atoms with Crippen LogP contribution in [-0.2, 0) is 22.6 Å². The van der Waals surface area contributed by atoms with Gasteiger partial charge in [-0.25, -0.2) is 0 Å². The zero-order valence-electron chi connectivity index (χ0n) is 14.6. The van der Waals surface area contributed by atoms with E-state index in [1.54, 1.807) is 21.9 Å². The van der Waals surface area contributed by atoms with Crippen LogP contribution in [0.25, 0.3) is 0 Å². The summed E-state index contributed by atoms with van der Waals surface area (Å²) < 4.78 is 0. The molecule has 0 radical (unpaired) electrons. The number of benzene rings is 2. The fourth-order valence-electron chi connectivity index (χ4n) is 3.76. The third-order valence-electron chi connectivity index (χ3n) is 5.07. The molecule has 5 nitrogen and oxygen atoms in total. The number of fused-ring (bicyclic) bond motifs is 1. The Balaban J connectivity index is 1.59. The molecule has 7 heteroatoms. The molecule has 0 aliphatic carbocycles. The molecule has 0 unspecified atom stereocenters. The minimum absolute atomic E-state index is 0.0246. The van der Waals surface area contributed by atoms with Crippen LogP contribution >= 0.6 is 23.2 Å². The molecule has 2 aromatic rings. The number of halogens is 2. The lowest BCUT2D eigenvalue weighted by Crippen LogP contribution is -2.63. The normalized spacial score (nSPS) is 22.3. The van der Waals surface area contributed by atoms with E-state index in [-0.39, 0.29) is 24.5 Å². The summed E-state index contributed by atoms with van der Waals surface area (Å²) in [4.78, 5) is 29.1. The van der Waals surface area contributed by atoms with Crippen LogP contribution in [0.4, 0.5) is 0 Å². The monoisotopic (exact) mass is 403 g/mol. The van der Waals surface area contributed by atoms with E-state index in [1.807, 2.05) is 36.4 Å². The van der Waals surface area contributed by atoms with Crippen LogP contribution in [-0.4, -0.2) is 46.9 Å². The van der Waals surface area contributed by atoms with Crippen LogP contribution in [0.3, 0.4) is 0 Å². The van der Waals surface area contributed by atoms with Gasteiger partial charge in [0, 0.05) is 13.0 Å². The van der Waals surface area contributed by atoms with Crippen molar-refractivity contribution < 1.29 is 9.59 Å². The Morgan fingerprint density at radius 1 is 1.00 bits per heavy atom. The van der Waals surface area contributed by atoms with Gasteiger partial charge in [-0.3, -0.25) is 14.9 Å². The highest BCUT2D eigenvalue weighted by molar-refractivity contribution is 6.42. The standard InChI is InChI=1S/C20H19Cl2N3O2/c21-15-7-6-14(8-16(15)22)11-24-12-18-23-10-19(26)25(18)17(20(24)27)9-13-4-2-1-3-5-13/h1-8,17-18,23H,9-12H2/t17-,18+/m0/s1. The first-order chi connectivity index (χ1) is 13.0. The zero-order chi connectivity index (χ0) is 19.0. The van der Waals surface area contributed by atoms with Gasteiger partial charge in [0.2, 0.25) is 11.8 Å². The van der Waals surface area contributed by atoms with Gasteiger partial charge in [0.15, 0.2) is 0 Å². The highest BCUT2D eigenvalue weighted by Gasteiger charge is 2.46. The van der Waals surface area contributed by atoms with Crippen LogP contribution in [0.2, 0.25) is 10.0 Å². The predicted molar refractivity (Wildman–Crippen MR) is 104 cm³/mol. The second kappa shape index (κ2) is 7.50. The first-order valence-corrected chi connectivity index (χ1v) is 9.59. The molecular formula is C20H19Cl2N3O2. The van der Waals surface area contributed by atoms with Gasteiger partial charge < -0.3 is 9.80 Å². The Labute approximate surface area is 167 Å². The van der Waals surface area contributed by atoms with Crippen molar-refractivity contribution in [3.05, 3.63) is 69.7 Å². The van der Waals surface area contributed by atoms with Crippen LogP contribution < -0.4 is 5.32 Å². The molecule has 140 valence electrons. The van der Waals surface area contributed by atoms with Gasteiger partial charge in [-0.2, -0.15) is 0 Å². The number of nitrogens with zero attached hydrogens (tertiary/aromatic N) is 2. The van der Waals surface area contributed by atoms with Gasteiger partial charge in [-0.05, 0) is 23.3 Å². The van der Waals surface area contributed by atoms with E-state index in [1.165, 1.54) is 0 Å². The van der Waals surface area contributed by atoms with Crippen molar-refractivity contribution in [2.75, 3.05) is 13.1 Å². The SMILES string of the molecule is O=C1[C@H](Cc2ccccc2)N2C(=O)CN[C@H]2CN1Cc1ccc(Cl)c(Cl)c1. The molecule has 0 spiro atoms. The van der Waals surface area contributed by atoms with E-state index in [9.17, 15) is 9.59 Å². The minimum atomic E-state index is -0.503. The number of carbonyl (C=O) groups excluding carboxylic acids is 2. The van der Waals surface area contributed by atoms with Crippen molar-refractivity contribution in [3.63, 3.8) is 0 Å². The maximum atomic E-state index is 13.2. The molecule has 2 amide bonds. The maximum Gasteiger partial charge on any atom is 0.246 e. The topological polar surface area (TPSA) is 52.7 Å². The Morgan fingerprint density at radius 3 is 2.52 bits per heavy atom. The van der Waals surface area contributed by atoms with Crippen LogP contribution in [0.5, 0.6) is 0 Å². The predicted octanol–water partition coefficient (Wildman–Crippen LogP) is 2.70. The maximum absolute atomic E-state index is 13.2. The van der Waals surface area contributed by atoms with E-state index in [4.69, 9.17) is 23.2 Å². The summed E-state index contributed by atoms with van der Waals surface area (Å²) >= 11 is 12.1. The second-order valence-electron chi connectivity index (χ2n) is 6.87. The third kappa shape index (κ3) is 3.68. The second-order valence-corrected chi connectivity index (χ2v) is 7.68. The summed E-state index contributed by atoms with van der Waals surface area (Å²) in [6.07, 6.45) is 0.341. The summed E-state index contributed by atoms with van der Waals surface area (Å²) in [5.74, 6) is -0.0679. The lowest BCUT2D eigenvalue weighted by molar-refractivity contribution is -0.152. The Kier molecular flexibility index (Phi) is 5.08. The molecule has 2 heterocycles. The van der Waals surface area contributed by atoms with E-state index in [2.05, 4.69) is 5.32 Å². The van der Waals surface area contributed by atoms with E-state index >= 15 is 0 Å². The molecule has 2 atom stereocenters. The van der Waals surface area contributed by atoms with Crippen molar-refractivity contribution in [1.82, 2.24) is 15.1 Å². The molecule has 2 aliphatic heterocycles. The van der Waals surface area contributed by atoms with Gasteiger partial charge in [0.25, 0.3) is 0 Å². The van der Waals surface area contributed by atoms with Crippen molar-refractivity contribution in [2.24, 2.45) is 0 Å². The summed E-state index contributed by atoms with van der Waals surface area (Å²) in [7, 11) is 0. The Hall–Kier alpha value is -2.08. The van der Waals surface area contributed by atoms with E-state index < -0.39 is 6.04 Å². The van der Waals surface area contributed by atoms with Crippen LogP contribution in [0, 0.1) is 0 Å². The van der Waals surface area contributed by atoms with Gasteiger partial charge in [-0.15, -0.1) is 0 Å². The van der Waals surface area contributed by atoms with Gasteiger partial charge >= 0.3 is 0 Å². The average Bonchev–Trinajstić information content (AvgIpc) is 3.03. The average molecular weight is 404 g/mol. The van der Waals surface area contributed by atoms with Gasteiger partial charge in [0.05, 0.1) is 23.1 Å². The highest BCUT2D eigenvalue weighted by Crippen LogP contribution is 2.27. The van der Waals surface area contributed by atoms with Gasteiger partial charge in [-0.1, -0.05) is 59.6 Å². The summed E-state index contributed by atoms with van der Waals surface area (Å²) in [6, 6.07) is 14.7. The van der Waals surface area contributed by atoms with Gasteiger partial charge in [0.1, 0.15) is 12.2 Å². The zero-order valence-corrected chi connectivity index (χ0v) is 16.1. The van der Waals surface area contributed by atoms with Crippen LogP contribution in [0.1, 0.15) is 11.1 Å². The fourth-order valence-corrected chi connectivity index (χ4v) is 4.09. The minimum Gasteiger partial charge on any atom is -0.333 e. The van der Waals surface area contributed by atoms with E-state index in [0.717, 1.165) is 11.1 Å². The van der Waals surface area contributed by atoms with Crippen molar-refractivity contribution in [3.8, 4) is 0 Å². The van der Waals surface area contributed by atoms with Crippen molar-refractivity contribution in [1.29, 1.82) is 0 Å². The molecule has 0 saturated carbocycles. The molecule has 27 heavy (non-hydrogen) atoms. The number of carbonyl (C=O) groups is 2.